The van der Waals surface area contributed by atoms with Crippen LogP contribution in [0.25, 0.3) is 0 Å². The molecule has 138 valence electrons. The van der Waals surface area contributed by atoms with Crippen LogP contribution in [0.15, 0.2) is 23.2 Å². The van der Waals surface area contributed by atoms with Gasteiger partial charge in [0.1, 0.15) is 0 Å². The number of amidine groups is 1. The Morgan fingerprint density at radius 3 is 2.60 bits per heavy atom. The van der Waals surface area contributed by atoms with Crippen LogP contribution in [0, 0.1) is 0 Å². The number of carbonyl (C=O) groups excluding carboxylic acids is 2. The minimum absolute atomic E-state index is 0.171. The van der Waals surface area contributed by atoms with Crippen LogP contribution in [-0.2, 0) is 16.0 Å². The average Bonchev–Trinajstić information content (AvgIpc) is 2.53. The molecule has 0 heterocycles. The number of aryl methyl sites for hydroxylation is 1. The van der Waals surface area contributed by atoms with Crippen LogP contribution in [-0.4, -0.2) is 29.5 Å². The summed E-state index contributed by atoms with van der Waals surface area (Å²) in [6.07, 6.45) is 4.17. The van der Waals surface area contributed by atoms with Crippen LogP contribution in [0.1, 0.15) is 46.1 Å². The second kappa shape index (κ2) is 10.8. The van der Waals surface area contributed by atoms with Crippen LogP contribution in [0.3, 0.4) is 0 Å². The van der Waals surface area contributed by atoms with E-state index in [9.17, 15) is 9.59 Å². The van der Waals surface area contributed by atoms with Crippen molar-refractivity contribution in [3.63, 3.8) is 0 Å². The van der Waals surface area contributed by atoms with Crippen molar-refractivity contribution < 1.29 is 14.3 Å². The van der Waals surface area contributed by atoms with Gasteiger partial charge in [-0.05, 0) is 50.6 Å². The molecular formula is C18H27N3O3S. The summed E-state index contributed by atoms with van der Waals surface area (Å²) in [6.45, 7) is 7.15. The van der Waals surface area contributed by atoms with E-state index in [1.807, 2.05) is 24.5 Å². The van der Waals surface area contributed by atoms with Crippen molar-refractivity contribution in [1.29, 1.82) is 0 Å². The van der Waals surface area contributed by atoms with Gasteiger partial charge in [0.15, 0.2) is 5.17 Å². The van der Waals surface area contributed by atoms with Crippen LogP contribution >= 0.6 is 11.8 Å². The molecule has 0 spiro atoms. The van der Waals surface area contributed by atoms with Crippen molar-refractivity contribution in [3.8, 4) is 0 Å². The molecule has 0 aliphatic carbocycles. The molecule has 0 aromatic heterocycles. The second-order valence-electron chi connectivity index (χ2n) is 5.84. The fourth-order valence-corrected chi connectivity index (χ4v) is 2.44. The molecule has 0 fully saturated rings. The maximum Gasteiger partial charge on any atom is 0.413 e. The van der Waals surface area contributed by atoms with Crippen molar-refractivity contribution in [2.24, 2.45) is 4.99 Å². The van der Waals surface area contributed by atoms with Crippen molar-refractivity contribution in [3.05, 3.63) is 23.8 Å². The second-order valence-corrected chi connectivity index (χ2v) is 6.63. The van der Waals surface area contributed by atoms with Crippen molar-refractivity contribution in [1.82, 2.24) is 5.32 Å². The van der Waals surface area contributed by atoms with Gasteiger partial charge < -0.3 is 10.1 Å². The third-order valence-electron chi connectivity index (χ3n) is 3.16. The molecule has 0 bridgehead atoms. The number of hydrogen-bond donors (Lipinski definition) is 2. The number of nitrogens with zero attached hydrogens (tertiary/aromatic N) is 1. The van der Waals surface area contributed by atoms with Gasteiger partial charge in [0.25, 0.3) is 0 Å². The van der Waals surface area contributed by atoms with Gasteiger partial charge in [-0.2, -0.15) is 0 Å². The third kappa shape index (κ3) is 8.07. The number of nitrogens with one attached hydrogen (secondary N) is 2. The molecule has 6 nitrogen and oxygen atoms in total. The average molecular weight is 365 g/mol. The first-order chi connectivity index (χ1) is 11.8. The monoisotopic (exact) mass is 365 g/mol. The predicted octanol–water partition coefficient (Wildman–Crippen LogP) is 4.47. The Kier molecular flexibility index (Phi) is 9.05. The number of carbonyl (C=O) groups is 2. The smallest absolute Gasteiger partial charge is 0.413 e. The Hall–Kier alpha value is -2.02. The highest BCUT2D eigenvalue weighted by atomic mass is 32.2. The van der Waals surface area contributed by atoms with E-state index in [2.05, 4.69) is 22.5 Å². The van der Waals surface area contributed by atoms with Gasteiger partial charge >= 0.3 is 6.09 Å². The van der Waals surface area contributed by atoms with Gasteiger partial charge in [0, 0.05) is 6.92 Å². The minimum Gasteiger partial charge on any atom is -0.447 e. The largest absolute Gasteiger partial charge is 0.447 e. The topological polar surface area (TPSA) is 79.8 Å². The minimum atomic E-state index is -0.550. The molecule has 1 rings (SSSR count). The summed E-state index contributed by atoms with van der Waals surface area (Å²) >= 11 is 1.30. The van der Waals surface area contributed by atoms with Gasteiger partial charge in [0.2, 0.25) is 5.91 Å². The molecule has 2 N–H and O–H groups in total. The first kappa shape index (κ1) is 21.0. The van der Waals surface area contributed by atoms with Crippen molar-refractivity contribution in [2.45, 2.75) is 53.1 Å². The molecule has 1 aromatic rings. The molecule has 25 heavy (non-hydrogen) atoms. The molecule has 1 aromatic carbocycles. The van der Waals surface area contributed by atoms with E-state index in [1.54, 1.807) is 13.8 Å². The maximum atomic E-state index is 11.8. The quantitative estimate of drug-likeness (QED) is 0.576. The standard InChI is InChI=1S/C18H27N3O3S/c1-6-7-8-14-9-10-15(19-13(4)22)16(11-14)20-17(25-5)21-18(23)24-12(2)3/h9-12H,6-8H2,1-5H3,(H,19,22)(H,20,21,23). The summed E-state index contributed by atoms with van der Waals surface area (Å²) in [6, 6.07) is 5.77. The van der Waals surface area contributed by atoms with Crippen LogP contribution in [0.2, 0.25) is 0 Å². The van der Waals surface area contributed by atoms with Gasteiger partial charge in [-0.15, -0.1) is 0 Å². The zero-order valence-corrected chi connectivity index (χ0v) is 16.3. The summed E-state index contributed by atoms with van der Waals surface area (Å²) in [5.41, 5.74) is 2.36. The summed E-state index contributed by atoms with van der Waals surface area (Å²) in [4.78, 5) is 27.7. The highest BCUT2D eigenvalue weighted by Crippen LogP contribution is 2.28. The molecule has 2 amide bonds. The van der Waals surface area contributed by atoms with E-state index in [-0.39, 0.29) is 12.0 Å². The summed E-state index contributed by atoms with van der Waals surface area (Å²) in [5.74, 6) is -0.171. The van der Waals surface area contributed by atoms with E-state index in [4.69, 9.17) is 4.74 Å². The van der Waals surface area contributed by atoms with Gasteiger partial charge in [-0.25, -0.2) is 9.79 Å². The fourth-order valence-electron chi connectivity index (χ4n) is 2.07. The number of ether oxygens (including phenoxy) is 1. The zero-order valence-electron chi connectivity index (χ0n) is 15.5. The summed E-state index contributed by atoms with van der Waals surface area (Å²) in [5, 5.41) is 5.81. The predicted molar refractivity (Wildman–Crippen MR) is 105 cm³/mol. The van der Waals surface area contributed by atoms with Gasteiger partial charge in [-0.3, -0.25) is 10.1 Å². The lowest BCUT2D eigenvalue weighted by atomic mass is 10.1. The highest BCUT2D eigenvalue weighted by molar-refractivity contribution is 8.13. The van der Waals surface area contributed by atoms with E-state index >= 15 is 0 Å². The van der Waals surface area contributed by atoms with Gasteiger partial charge in [-0.1, -0.05) is 31.2 Å². The SMILES string of the molecule is CCCCc1ccc(NC(C)=O)c(N=C(NC(=O)OC(C)C)SC)c1. The number of alkyl carbamates (subject to hydrolysis) is 1. The Labute approximate surface area is 153 Å². The highest BCUT2D eigenvalue weighted by Gasteiger charge is 2.11. The molecule has 7 heteroatoms. The molecule has 0 atom stereocenters. The number of rotatable bonds is 6. The third-order valence-corrected chi connectivity index (χ3v) is 3.74. The first-order valence-electron chi connectivity index (χ1n) is 8.36. The molecule has 0 unspecified atom stereocenters. The van der Waals surface area contributed by atoms with E-state index in [0.717, 1.165) is 24.8 Å². The van der Waals surface area contributed by atoms with E-state index < -0.39 is 6.09 Å². The maximum absolute atomic E-state index is 11.8. The summed E-state index contributed by atoms with van der Waals surface area (Å²) < 4.78 is 5.08. The van der Waals surface area contributed by atoms with Crippen LogP contribution in [0.5, 0.6) is 0 Å². The number of amides is 2. The normalized spacial score (nSPS) is 11.4. The van der Waals surface area contributed by atoms with E-state index in [0.29, 0.717) is 16.5 Å². The number of unbranched alkanes of at least 4 members (excludes halogenated alkanes) is 1. The zero-order chi connectivity index (χ0) is 18.8. The van der Waals surface area contributed by atoms with Crippen LogP contribution < -0.4 is 10.6 Å². The number of benzene rings is 1. The van der Waals surface area contributed by atoms with Gasteiger partial charge in [0.05, 0.1) is 17.5 Å². The van der Waals surface area contributed by atoms with Crippen molar-refractivity contribution >= 4 is 40.3 Å². The Bertz CT molecular complexity index is 630. The Morgan fingerprint density at radius 1 is 1.32 bits per heavy atom. The van der Waals surface area contributed by atoms with Crippen LogP contribution in [0.4, 0.5) is 16.2 Å². The Morgan fingerprint density at radius 2 is 2.04 bits per heavy atom. The number of aliphatic imine (C=N–C) groups is 1. The lowest BCUT2D eigenvalue weighted by Crippen LogP contribution is -2.30. The molecular weight excluding hydrogens is 338 g/mol. The number of hydrogen-bond acceptors (Lipinski definition) is 5. The fraction of sp³-hybridized carbons (Fsp3) is 0.500. The number of anilines is 1. The molecule has 0 aliphatic heterocycles. The summed E-state index contributed by atoms with van der Waals surface area (Å²) in [7, 11) is 0. The lowest BCUT2D eigenvalue weighted by Gasteiger charge is -2.12. The first-order valence-corrected chi connectivity index (χ1v) is 9.59. The molecule has 0 aliphatic rings. The number of thioether (sulfide) groups is 1. The molecule has 0 saturated carbocycles. The van der Waals surface area contributed by atoms with E-state index in [1.165, 1.54) is 18.7 Å². The Balaban J connectivity index is 3.10. The van der Waals surface area contributed by atoms with Crippen molar-refractivity contribution in [2.75, 3.05) is 11.6 Å². The molecule has 0 radical (unpaired) electrons. The molecule has 0 saturated heterocycles. The lowest BCUT2D eigenvalue weighted by molar-refractivity contribution is -0.114.